The van der Waals surface area contributed by atoms with E-state index in [1.54, 1.807) is 0 Å². The molecule has 1 aromatic heterocycles. The summed E-state index contributed by atoms with van der Waals surface area (Å²) >= 11 is 0. The third-order valence-electron chi connectivity index (χ3n) is 5.47. The molecule has 31 heavy (non-hydrogen) atoms. The summed E-state index contributed by atoms with van der Waals surface area (Å²) in [4.78, 5) is 13.1. The number of hydrogen-bond acceptors (Lipinski definition) is 3. The molecule has 2 heterocycles. The van der Waals surface area contributed by atoms with Gasteiger partial charge in [0.05, 0.1) is 11.3 Å². The Morgan fingerprint density at radius 2 is 1.61 bits per heavy atom. The Hall–Kier alpha value is -3.99. The minimum Gasteiger partial charge on any atom is -0.454 e. The Bertz CT molecular complexity index is 1230. The molecule has 0 aliphatic carbocycles. The highest BCUT2D eigenvalue weighted by Gasteiger charge is 2.21. The zero-order valence-electron chi connectivity index (χ0n) is 17.2. The first-order valence-electron chi connectivity index (χ1n) is 10.2. The van der Waals surface area contributed by atoms with Crippen LogP contribution in [0.5, 0.6) is 11.5 Å². The van der Waals surface area contributed by atoms with E-state index in [4.69, 9.17) is 9.47 Å². The molecule has 1 N–H and O–H groups in total. The first kappa shape index (κ1) is 19.0. The van der Waals surface area contributed by atoms with Gasteiger partial charge in [-0.1, -0.05) is 60.7 Å². The highest BCUT2D eigenvalue weighted by Crippen LogP contribution is 2.36. The standard InChI is InChI=1S/C26H22N2O3/c1-18-22(26(29)27-16-19-8-4-2-5-9-19)15-23(20-10-6-3-7-11-20)28(18)21-12-13-24-25(14-21)31-17-30-24/h2-15H,16-17H2,1H3,(H,27,29). The van der Waals surface area contributed by atoms with Crippen LogP contribution >= 0.6 is 0 Å². The average Bonchev–Trinajstić information content (AvgIpc) is 3.42. The maximum Gasteiger partial charge on any atom is 0.253 e. The number of aromatic nitrogens is 1. The van der Waals surface area contributed by atoms with E-state index < -0.39 is 0 Å². The molecule has 154 valence electrons. The number of amides is 1. The second-order valence-electron chi connectivity index (χ2n) is 7.44. The van der Waals surface area contributed by atoms with E-state index >= 15 is 0 Å². The Kier molecular flexibility index (Phi) is 4.92. The van der Waals surface area contributed by atoms with Crippen LogP contribution < -0.4 is 14.8 Å². The van der Waals surface area contributed by atoms with Gasteiger partial charge in [0.15, 0.2) is 11.5 Å². The zero-order valence-corrected chi connectivity index (χ0v) is 17.2. The molecule has 0 saturated carbocycles. The largest absolute Gasteiger partial charge is 0.454 e. The number of benzene rings is 3. The van der Waals surface area contributed by atoms with Crippen LogP contribution in [0.2, 0.25) is 0 Å². The van der Waals surface area contributed by atoms with Gasteiger partial charge in [-0.25, -0.2) is 0 Å². The maximum absolute atomic E-state index is 13.1. The molecule has 1 aliphatic rings. The number of fused-ring (bicyclic) bond motifs is 1. The number of nitrogens with zero attached hydrogens (tertiary/aromatic N) is 1. The van der Waals surface area contributed by atoms with Crippen molar-refractivity contribution in [2.24, 2.45) is 0 Å². The molecule has 0 atom stereocenters. The fourth-order valence-corrected chi connectivity index (χ4v) is 3.89. The lowest BCUT2D eigenvalue weighted by molar-refractivity contribution is 0.0950. The number of carbonyl (C=O) groups excluding carboxylic acids is 1. The summed E-state index contributed by atoms with van der Waals surface area (Å²) in [5.41, 5.74) is 5.47. The van der Waals surface area contributed by atoms with E-state index in [0.29, 0.717) is 17.9 Å². The molecule has 0 radical (unpaired) electrons. The van der Waals surface area contributed by atoms with Crippen LogP contribution in [0.15, 0.2) is 84.9 Å². The van der Waals surface area contributed by atoms with Crippen molar-refractivity contribution in [2.75, 3.05) is 6.79 Å². The molecule has 3 aromatic carbocycles. The number of nitrogens with one attached hydrogen (secondary N) is 1. The van der Waals surface area contributed by atoms with Gasteiger partial charge in [-0.05, 0) is 36.2 Å². The van der Waals surface area contributed by atoms with Crippen molar-refractivity contribution in [1.29, 1.82) is 0 Å². The van der Waals surface area contributed by atoms with E-state index in [9.17, 15) is 4.79 Å². The van der Waals surface area contributed by atoms with Crippen molar-refractivity contribution in [3.8, 4) is 28.4 Å². The van der Waals surface area contributed by atoms with Gasteiger partial charge in [-0.15, -0.1) is 0 Å². The van der Waals surface area contributed by atoms with Gasteiger partial charge < -0.3 is 19.4 Å². The lowest BCUT2D eigenvalue weighted by Crippen LogP contribution is -2.23. The number of hydrogen-bond donors (Lipinski definition) is 1. The number of ether oxygens (including phenoxy) is 2. The van der Waals surface area contributed by atoms with E-state index in [1.807, 2.05) is 91.9 Å². The second kappa shape index (κ2) is 8.03. The molecule has 4 aromatic rings. The van der Waals surface area contributed by atoms with Crippen molar-refractivity contribution < 1.29 is 14.3 Å². The summed E-state index contributed by atoms with van der Waals surface area (Å²) in [5.74, 6) is 1.34. The molecule has 1 amide bonds. The topological polar surface area (TPSA) is 52.5 Å². The Morgan fingerprint density at radius 1 is 0.903 bits per heavy atom. The van der Waals surface area contributed by atoms with Gasteiger partial charge in [-0.2, -0.15) is 0 Å². The molecular formula is C26H22N2O3. The van der Waals surface area contributed by atoms with Crippen LogP contribution in [0.4, 0.5) is 0 Å². The van der Waals surface area contributed by atoms with Gasteiger partial charge in [0.25, 0.3) is 5.91 Å². The van der Waals surface area contributed by atoms with Crippen LogP contribution in [-0.2, 0) is 6.54 Å². The molecule has 1 aliphatic heterocycles. The predicted octanol–water partition coefficient (Wildman–Crippen LogP) is 5.11. The third kappa shape index (κ3) is 3.66. The molecule has 0 saturated heterocycles. The minimum absolute atomic E-state index is 0.0990. The number of rotatable bonds is 5. The molecule has 5 nitrogen and oxygen atoms in total. The molecule has 0 unspecified atom stereocenters. The maximum atomic E-state index is 13.1. The smallest absolute Gasteiger partial charge is 0.253 e. The zero-order chi connectivity index (χ0) is 21.2. The van der Waals surface area contributed by atoms with Crippen LogP contribution in [0.25, 0.3) is 16.9 Å². The third-order valence-corrected chi connectivity index (χ3v) is 5.47. The van der Waals surface area contributed by atoms with Crippen LogP contribution in [-0.4, -0.2) is 17.3 Å². The molecule has 0 spiro atoms. The summed E-state index contributed by atoms with van der Waals surface area (Å²) in [6, 6.07) is 27.8. The highest BCUT2D eigenvalue weighted by molar-refractivity contribution is 5.97. The quantitative estimate of drug-likeness (QED) is 0.497. The molecule has 5 heteroatoms. The minimum atomic E-state index is -0.0990. The van der Waals surface area contributed by atoms with Crippen LogP contribution in [0, 0.1) is 6.92 Å². The predicted molar refractivity (Wildman–Crippen MR) is 120 cm³/mol. The van der Waals surface area contributed by atoms with Crippen molar-refractivity contribution in [1.82, 2.24) is 9.88 Å². The summed E-state index contributed by atoms with van der Waals surface area (Å²) in [5, 5.41) is 3.04. The summed E-state index contributed by atoms with van der Waals surface area (Å²) < 4.78 is 13.1. The van der Waals surface area contributed by atoms with Crippen LogP contribution in [0.1, 0.15) is 21.6 Å². The molecule has 0 bridgehead atoms. The second-order valence-corrected chi connectivity index (χ2v) is 7.44. The average molecular weight is 410 g/mol. The monoisotopic (exact) mass is 410 g/mol. The van der Waals surface area contributed by atoms with Gasteiger partial charge >= 0.3 is 0 Å². The van der Waals surface area contributed by atoms with Crippen LogP contribution in [0.3, 0.4) is 0 Å². The van der Waals surface area contributed by atoms with E-state index in [1.165, 1.54) is 0 Å². The van der Waals surface area contributed by atoms with E-state index in [2.05, 4.69) is 9.88 Å². The van der Waals surface area contributed by atoms with E-state index in [0.717, 1.165) is 34.0 Å². The summed E-state index contributed by atoms with van der Waals surface area (Å²) in [6.07, 6.45) is 0. The van der Waals surface area contributed by atoms with Crippen molar-refractivity contribution in [2.45, 2.75) is 13.5 Å². The SMILES string of the molecule is Cc1c(C(=O)NCc2ccccc2)cc(-c2ccccc2)n1-c1ccc2c(c1)OCO2. The van der Waals surface area contributed by atoms with Gasteiger partial charge in [0, 0.05) is 24.0 Å². The summed E-state index contributed by atoms with van der Waals surface area (Å²) in [6.45, 7) is 2.67. The molecular weight excluding hydrogens is 388 g/mol. The lowest BCUT2D eigenvalue weighted by Gasteiger charge is -2.13. The first-order valence-corrected chi connectivity index (χ1v) is 10.2. The molecule has 0 fully saturated rings. The fraction of sp³-hybridized carbons (Fsp3) is 0.115. The number of carbonyl (C=O) groups is 1. The van der Waals surface area contributed by atoms with E-state index in [-0.39, 0.29) is 12.7 Å². The molecule has 5 rings (SSSR count). The Balaban J connectivity index is 1.55. The lowest BCUT2D eigenvalue weighted by atomic mass is 10.1. The Morgan fingerprint density at radius 3 is 2.39 bits per heavy atom. The van der Waals surface area contributed by atoms with Gasteiger partial charge in [-0.3, -0.25) is 4.79 Å². The Labute approximate surface area is 180 Å². The van der Waals surface area contributed by atoms with Gasteiger partial charge in [0.1, 0.15) is 0 Å². The normalized spacial score (nSPS) is 12.0. The van der Waals surface area contributed by atoms with Crippen molar-refractivity contribution in [3.05, 3.63) is 102 Å². The van der Waals surface area contributed by atoms with Gasteiger partial charge in [0.2, 0.25) is 6.79 Å². The van der Waals surface area contributed by atoms with Crippen molar-refractivity contribution >= 4 is 5.91 Å². The van der Waals surface area contributed by atoms with Crippen molar-refractivity contribution in [3.63, 3.8) is 0 Å². The highest BCUT2D eigenvalue weighted by atomic mass is 16.7. The summed E-state index contributed by atoms with van der Waals surface area (Å²) in [7, 11) is 0. The first-order chi connectivity index (χ1) is 15.2. The fourth-order valence-electron chi connectivity index (χ4n) is 3.89.